The Hall–Kier alpha value is -1.75. The van der Waals surface area contributed by atoms with Crippen LogP contribution in [-0.2, 0) is 0 Å². The van der Waals surface area contributed by atoms with E-state index >= 15 is 0 Å². The Morgan fingerprint density at radius 1 is 1.53 bits per heavy atom. The summed E-state index contributed by atoms with van der Waals surface area (Å²) in [4.78, 5) is 12.5. The summed E-state index contributed by atoms with van der Waals surface area (Å²) in [5, 5.41) is 17.5. The molecule has 0 radical (unpaired) electrons. The molecule has 1 aromatic rings. The second-order valence-electron chi connectivity index (χ2n) is 3.22. The van der Waals surface area contributed by atoms with Gasteiger partial charge in [-0.15, -0.1) is 0 Å². The summed E-state index contributed by atoms with van der Waals surface area (Å²) in [6.07, 6.45) is 0. The van der Waals surface area contributed by atoms with Crippen LogP contribution in [0.3, 0.4) is 0 Å². The molecular weight excluding hydrogens is 196 g/mol. The second-order valence-corrected chi connectivity index (χ2v) is 3.22. The van der Waals surface area contributed by atoms with Gasteiger partial charge in [-0.1, -0.05) is 0 Å². The Labute approximate surface area is 87.7 Å². The summed E-state index contributed by atoms with van der Waals surface area (Å²) in [7, 11) is 1.80. The van der Waals surface area contributed by atoms with Gasteiger partial charge < -0.3 is 20.8 Å². The number of aliphatic hydroxyl groups excluding tert-OH is 1. The largest absolute Gasteiger partial charge is 0.478 e. The van der Waals surface area contributed by atoms with Gasteiger partial charge in [0.1, 0.15) is 0 Å². The summed E-state index contributed by atoms with van der Waals surface area (Å²) >= 11 is 0. The fourth-order valence-corrected chi connectivity index (χ4v) is 1.26. The lowest BCUT2D eigenvalue weighted by atomic mass is 10.1. The zero-order valence-electron chi connectivity index (χ0n) is 8.47. The van der Waals surface area contributed by atoms with E-state index in [1.807, 2.05) is 0 Å². The summed E-state index contributed by atoms with van der Waals surface area (Å²) in [6.45, 7) is 0.517. The number of carbonyl (C=O) groups is 1. The zero-order chi connectivity index (χ0) is 11.4. The van der Waals surface area contributed by atoms with Crippen molar-refractivity contribution in [1.29, 1.82) is 0 Å². The fourth-order valence-electron chi connectivity index (χ4n) is 1.26. The van der Waals surface area contributed by atoms with Crippen LogP contribution in [0.5, 0.6) is 0 Å². The number of nitrogens with two attached hydrogens (primary N) is 1. The van der Waals surface area contributed by atoms with Crippen molar-refractivity contribution in [3.63, 3.8) is 0 Å². The quantitative estimate of drug-likeness (QED) is 0.626. The third kappa shape index (κ3) is 2.60. The summed E-state index contributed by atoms with van der Waals surface area (Å²) < 4.78 is 0. The first-order valence-corrected chi connectivity index (χ1v) is 4.51. The lowest BCUT2D eigenvalue weighted by Gasteiger charge is -2.18. The normalized spacial score (nSPS) is 10.0. The van der Waals surface area contributed by atoms with E-state index in [2.05, 4.69) is 0 Å². The van der Waals surface area contributed by atoms with Crippen LogP contribution in [0.4, 0.5) is 11.4 Å². The standard InChI is InChI=1S/C10H14N2O3/c1-12(4-5-13)7-2-3-8(10(14)15)9(11)6-7/h2-3,6,13H,4-5,11H2,1H3,(H,14,15). The molecule has 0 aliphatic heterocycles. The molecule has 0 amide bonds. The van der Waals surface area contributed by atoms with Crippen molar-refractivity contribution in [3.05, 3.63) is 23.8 Å². The molecule has 0 aliphatic rings. The second kappa shape index (κ2) is 4.65. The molecule has 0 heterocycles. The molecule has 0 fully saturated rings. The Morgan fingerprint density at radius 2 is 2.20 bits per heavy atom. The lowest BCUT2D eigenvalue weighted by molar-refractivity contribution is 0.0698. The van der Waals surface area contributed by atoms with Crippen LogP contribution in [0.2, 0.25) is 0 Å². The lowest BCUT2D eigenvalue weighted by Crippen LogP contribution is -2.21. The zero-order valence-corrected chi connectivity index (χ0v) is 8.47. The Morgan fingerprint density at radius 3 is 2.67 bits per heavy atom. The van der Waals surface area contributed by atoms with Gasteiger partial charge in [-0.3, -0.25) is 0 Å². The smallest absolute Gasteiger partial charge is 0.337 e. The summed E-state index contributed by atoms with van der Waals surface area (Å²) in [6, 6.07) is 4.70. The number of nitrogen functional groups attached to an aromatic ring is 1. The first-order valence-electron chi connectivity index (χ1n) is 4.51. The molecule has 0 unspecified atom stereocenters. The minimum absolute atomic E-state index is 0.0388. The minimum Gasteiger partial charge on any atom is -0.478 e. The van der Waals surface area contributed by atoms with Crippen molar-refractivity contribution in [1.82, 2.24) is 0 Å². The first-order chi connectivity index (χ1) is 7.06. The third-order valence-electron chi connectivity index (χ3n) is 2.14. The monoisotopic (exact) mass is 210 g/mol. The van der Waals surface area contributed by atoms with Crippen molar-refractivity contribution in [2.75, 3.05) is 30.8 Å². The highest BCUT2D eigenvalue weighted by Crippen LogP contribution is 2.20. The number of aromatic carboxylic acids is 1. The van der Waals surface area contributed by atoms with Gasteiger partial charge in [-0.25, -0.2) is 4.79 Å². The maximum Gasteiger partial charge on any atom is 0.337 e. The highest BCUT2D eigenvalue weighted by Gasteiger charge is 2.09. The number of aliphatic hydroxyl groups is 1. The van der Waals surface area contributed by atoms with Crippen molar-refractivity contribution in [3.8, 4) is 0 Å². The molecule has 0 bridgehead atoms. The molecule has 1 aromatic carbocycles. The average Bonchev–Trinajstić information content (AvgIpc) is 2.17. The predicted octanol–water partition coefficient (Wildman–Crippen LogP) is 0.395. The number of carboxylic acids is 1. The van der Waals surface area contributed by atoms with Crippen LogP contribution < -0.4 is 10.6 Å². The van der Waals surface area contributed by atoms with E-state index in [1.54, 1.807) is 24.1 Å². The summed E-state index contributed by atoms with van der Waals surface area (Å²) in [5.74, 6) is -1.04. The van der Waals surface area contributed by atoms with E-state index in [4.69, 9.17) is 15.9 Å². The van der Waals surface area contributed by atoms with E-state index in [1.165, 1.54) is 6.07 Å². The number of hydrogen-bond donors (Lipinski definition) is 3. The number of nitrogens with zero attached hydrogens (tertiary/aromatic N) is 1. The molecule has 15 heavy (non-hydrogen) atoms. The van der Waals surface area contributed by atoms with Gasteiger partial charge in [-0.2, -0.15) is 0 Å². The fraction of sp³-hybridized carbons (Fsp3) is 0.300. The first kappa shape index (κ1) is 11.3. The number of hydrogen-bond acceptors (Lipinski definition) is 4. The van der Waals surface area contributed by atoms with Gasteiger partial charge in [0.25, 0.3) is 0 Å². The molecule has 5 nitrogen and oxygen atoms in total. The van der Waals surface area contributed by atoms with Crippen LogP contribution in [0.1, 0.15) is 10.4 Å². The molecule has 0 saturated heterocycles. The maximum atomic E-state index is 10.7. The van der Waals surface area contributed by atoms with Crippen molar-refractivity contribution < 1.29 is 15.0 Å². The molecule has 0 saturated carbocycles. The number of anilines is 2. The van der Waals surface area contributed by atoms with Crippen LogP contribution >= 0.6 is 0 Å². The highest BCUT2D eigenvalue weighted by atomic mass is 16.4. The van der Waals surface area contributed by atoms with Gasteiger partial charge in [0.2, 0.25) is 0 Å². The predicted molar refractivity (Wildman–Crippen MR) is 58.2 cm³/mol. The molecule has 1 rings (SSSR count). The van der Waals surface area contributed by atoms with Crippen molar-refractivity contribution in [2.45, 2.75) is 0 Å². The van der Waals surface area contributed by atoms with Crippen molar-refractivity contribution >= 4 is 17.3 Å². The minimum atomic E-state index is -1.04. The van der Waals surface area contributed by atoms with Gasteiger partial charge in [0.05, 0.1) is 12.2 Å². The molecular formula is C10H14N2O3. The Kier molecular flexibility index (Phi) is 3.51. The van der Waals surface area contributed by atoms with Gasteiger partial charge >= 0.3 is 5.97 Å². The molecule has 5 heteroatoms. The van der Waals surface area contributed by atoms with Gasteiger partial charge in [-0.05, 0) is 18.2 Å². The maximum absolute atomic E-state index is 10.7. The van der Waals surface area contributed by atoms with Crippen LogP contribution in [0.15, 0.2) is 18.2 Å². The average molecular weight is 210 g/mol. The topological polar surface area (TPSA) is 86.8 Å². The highest BCUT2D eigenvalue weighted by molar-refractivity contribution is 5.94. The van der Waals surface area contributed by atoms with Crippen molar-refractivity contribution in [2.24, 2.45) is 0 Å². The van der Waals surface area contributed by atoms with E-state index in [0.29, 0.717) is 6.54 Å². The van der Waals surface area contributed by atoms with E-state index < -0.39 is 5.97 Å². The Balaban J connectivity index is 2.96. The van der Waals surface area contributed by atoms with E-state index in [-0.39, 0.29) is 17.9 Å². The van der Waals surface area contributed by atoms with E-state index in [0.717, 1.165) is 5.69 Å². The number of likely N-dealkylation sites (N-methyl/N-ethyl adjacent to an activating group) is 1. The molecule has 0 aliphatic carbocycles. The van der Waals surface area contributed by atoms with E-state index in [9.17, 15) is 4.79 Å². The summed E-state index contributed by atoms with van der Waals surface area (Å²) in [5.41, 5.74) is 6.69. The van der Waals surface area contributed by atoms with Gasteiger partial charge in [0, 0.05) is 25.0 Å². The van der Waals surface area contributed by atoms with Crippen LogP contribution in [-0.4, -0.2) is 36.4 Å². The number of rotatable bonds is 4. The number of carboxylic acid groups (broad SMARTS) is 1. The molecule has 82 valence electrons. The van der Waals surface area contributed by atoms with Crippen LogP contribution in [0, 0.1) is 0 Å². The third-order valence-corrected chi connectivity index (χ3v) is 2.14. The molecule has 4 N–H and O–H groups in total. The SMILES string of the molecule is CN(CCO)c1ccc(C(=O)O)c(N)c1. The molecule has 0 atom stereocenters. The Bertz CT molecular complexity index is 366. The molecule has 0 spiro atoms. The number of benzene rings is 1. The van der Waals surface area contributed by atoms with Crippen LogP contribution in [0.25, 0.3) is 0 Å². The molecule has 0 aromatic heterocycles. The van der Waals surface area contributed by atoms with Gasteiger partial charge in [0.15, 0.2) is 0 Å².